The summed E-state index contributed by atoms with van der Waals surface area (Å²) >= 11 is 1.41. The number of carbonyl (C=O) groups excluding carboxylic acids is 1. The number of carbonyl (C=O) groups is 1. The average molecular weight is 380 g/mol. The molecule has 1 N–H and O–H groups in total. The second kappa shape index (κ2) is 7.79. The highest BCUT2D eigenvalue weighted by molar-refractivity contribution is 7.18. The second-order valence-corrected chi connectivity index (χ2v) is 7.50. The van der Waals surface area contributed by atoms with Gasteiger partial charge in [-0.25, -0.2) is 9.97 Å². The monoisotopic (exact) mass is 380 g/mol. The topological polar surface area (TPSA) is 83.9 Å². The van der Waals surface area contributed by atoms with E-state index < -0.39 is 0 Å². The second-order valence-electron chi connectivity index (χ2n) is 6.53. The first kappa shape index (κ1) is 17.5. The van der Waals surface area contributed by atoms with Gasteiger partial charge in [0, 0.05) is 37.0 Å². The fraction of sp³-hybridized carbons (Fsp3) is 0.316. The van der Waals surface area contributed by atoms with Crippen molar-refractivity contribution in [2.45, 2.75) is 19.8 Å². The van der Waals surface area contributed by atoms with Crippen molar-refractivity contribution < 1.29 is 4.79 Å². The number of aromatic nitrogens is 4. The standard InChI is InChI=1S/C19H20N6OS/c1-13-5-2-3-6-15(13)17-23-24-19(27-17)22-16(26)14-7-11-25(12-8-14)18-20-9-4-10-21-18/h2-6,9-10,14H,7-8,11-12H2,1H3,(H,22,24,26). The van der Waals surface area contributed by atoms with Crippen LogP contribution in [0.15, 0.2) is 42.7 Å². The van der Waals surface area contributed by atoms with Gasteiger partial charge >= 0.3 is 0 Å². The lowest BCUT2D eigenvalue weighted by Crippen LogP contribution is -2.39. The van der Waals surface area contributed by atoms with E-state index in [1.165, 1.54) is 11.3 Å². The van der Waals surface area contributed by atoms with Crippen molar-refractivity contribution in [1.82, 2.24) is 20.2 Å². The number of amides is 1. The number of nitrogens with one attached hydrogen (secondary N) is 1. The molecule has 0 aliphatic carbocycles. The van der Waals surface area contributed by atoms with Gasteiger partial charge < -0.3 is 10.2 Å². The summed E-state index contributed by atoms with van der Waals surface area (Å²) < 4.78 is 0. The zero-order valence-electron chi connectivity index (χ0n) is 15.0. The van der Waals surface area contributed by atoms with Crippen LogP contribution in [-0.4, -0.2) is 39.2 Å². The third-order valence-corrected chi connectivity index (χ3v) is 5.60. The van der Waals surface area contributed by atoms with Gasteiger partial charge in [0.15, 0.2) is 0 Å². The van der Waals surface area contributed by atoms with Gasteiger partial charge in [-0.3, -0.25) is 4.79 Å². The van der Waals surface area contributed by atoms with Crippen molar-refractivity contribution in [2.75, 3.05) is 23.3 Å². The van der Waals surface area contributed by atoms with Crippen molar-refractivity contribution in [3.63, 3.8) is 0 Å². The van der Waals surface area contributed by atoms with Gasteiger partial charge in [0.2, 0.25) is 17.0 Å². The Hall–Kier alpha value is -2.87. The molecule has 0 radical (unpaired) electrons. The Morgan fingerprint density at radius 2 is 1.85 bits per heavy atom. The molecule has 4 rings (SSSR count). The molecule has 3 aromatic rings. The Morgan fingerprint density at radius 1 is 1.11 bits per heavy atom. The molecule has 1 aliphatic rings. The average Bonchev–Trinajstić information content (AvgIpc) is 3.17. The number of nitrogens with zero attached hydrogens (tertiary/aromatic N) is 5. The van der Waals surface area contributed by atoms with Crippen LogP contribution in [-0.2, 0) is 4.79 Å². The summed E-state index contributed by atoms with van der Waals surface area (Å²) in [6, 6.07) is 9.83. The van der Waals surface area contributed by atoms with Crippen LogP contribution in [0.1, 0.15) is 18.4 Å². The molecule has 0 atom stereocenters. The van der Waals surface area contributed by atoms with Crippen LogP contribution in [0.5, 0.6) is 0 Å². The van der Waals surface area contributed by atoms with Crippen LogP contribution < -0.4 is 10.2 Å². The Bertz CT molecular complexity index is 921. The number of aryl methyl sites for hydroxylation is 1. The zero-order valence-corrected chi connectivity index (χ0v) is 15.8. The van der Waals surface area contributed by atoms with E-state index in [1.54, 1.807) is 18.5 Å². The maximum Gasteiger partial charge on any atom is 0.229 e. The van der Waals surface area contributed by atoms with Crippen LogP contribution in [0.2, 0.25) is 0 Å². The van der Waals surface area contributed by atoms with E-state index in [2.05, 4.69) is 30.4 Å². The lowest BCUT2D eigenvalue weighted by Gasteiger charge is -2.30. The summed E-state index contributed by atoms with van der Waals surface area (Å²) in [4.78, 5) is 23.3. The van der Waals surface area contributed by atoms with Crippen LogP contribution in [0.4, 0.5) is 11.1 Å². The number of hydrogen-bond donors (Lipinski definition) is 1. The van der Waals surface area contributed by atoms with E-state index in [0.29, 0.717) is 5.13 Å². The number of piperidine rings is 1. The molecule has 7 nitrogen and oxygen atoms in total. The number of hydrogen-bond acceptors (Lipinski definition) is 7. The summed E-state index contributed by atoms with van der Waals surface area (Å²) in [5, 5.41) is 12.7. The van der Waals surface area contributed by atoms with Gasteiger partial charge in [-0.15, -0.1) is 10.2 Å². The van der Waals surface area contributed by atoms with Crippen LogP contribution >= 0.6 is 11.3 Å². The molecule has 0 bridgehead atoms. The van der Waals surface area contributed by atoms with E-state index in [-0.39, 0.29) is 11.8 Å². The minimum absolute atomic E-state index is 0.0103. The predicted molar refractivity (Wildman–Crippen MR) is 106 cm³/mol. The summed E-state index contributed by atoms with van der Waals surface area (Å²) in [5.74, 6) is 0.704. The molecular formula is C19H20N6OS. The SMILES string of the molecule is Cc1ccccc1-c1nnc(NC(=O)C2CCN(c3ncccn3)CC2)s1. The molecule has 8 heteroatoms. The third-order valence-electron chi connectivity index (χ3n) is 4.73. The first-order chi connectivity index (χ1) is 13.2. The largest absolute Gasteiger partial charge is 0.341 e. The van der Waals surface area contributed by atoms with E-state index in [1.807, 2.05) is 31.2 Å². The maximum absolute atomic E-state index is 12.6. The molecule has 1 amide bonds. The van der Waals surface area contributed by atoms with E-state index >= 15 is 0 Å². The van der Waals surface area contributed by atoms with Gasteiger partial charge in [0.1, 0.15) is 5.01 Å². The third kappa shape index (κ3) is 3.95. The molecule has 0 saturated carbocycles. The van der Waals surface area contributed by atoms with Crippen molar-refractivity contribution in [3.05, 3.63) is 48.3 Å². The smallest absolute Gasteiger partial charge is 0.229 e. The summed E-state index contributed by atoms with van der Waals surface area (Å²) in [6.07, 6.45) is 5.02. The predicted octanol–water partition coefficient (Wildman–Crippen LogP) is 3.16. The van der Waals surface area contributed by atoms with Crippen LogP contribution in [0.25, 0.3) is 10.6 Å². The molecule has 1 aliphatic heterocycles. The minimum atomic E-state index is -0.0317. The van der Waals surface area contributed by atoms with E-state index in [9.17, 15) is 4.79 Å². The molecule has 138 valence electrons. The number of rotatable bonds is 4. The van der Waals surface area contributed by atoms with Gasteiger partial charge in [-0.1, -0.05) is 35.6 Å². The first-order valence-corrected chi connectivity index (χ1v) is 9.74. The molecule has 1 fully saturated rings. The van der Waals surface area contributed by atoms with Gasteiger partial charge in [0.05, 0.1) is 0 Å². The highest BCUT2D eigenvalue weighted by atomic mass is 32.1. The van der Waals surface area contributed by atoms with Gasteiger partial charge in [-0.05, 0) is 31.4 Å². The molecule has 0 unspecified atom stereocenters. The lowest BCUT2D eigenvalue weighted by atomic mass is 9.96. The fourth-order valence-electron chi connectivity index (χ4n) is 3.20. The van der Waals surface area contributed by atoms with Crippen molar-refractivity contribution >= 4 is 28.3 Å². The van der Waals surface area contributed by atoms with Gasteiger partial charge in [0.25, 0.3) is 0 Å². The quantitative estimate of drug-likeness (QED) is 0.748. The number of anilines is 2. The first-order valence-electron chi connectivity index (χ1n) is 8.93. The van der Waals surface area contributed by atoms with E-state index in [0.717, 1.165) is 48.0 Å². The number of benzene rings is 1. The highest BCUT2D eigenvalue weighted by Gasteiger charge is 2.26. The highest BCUT2D eigenvalue weighted by Crippen LogP contribution is 2.29. The minimum Gasteiger partial charge on any atom is -0.341 e. The molecule has 27 heavy (non-hydrogen) atoms. The Morgan fingerprint density at radius 3 is 2.59 bits per heavy atom. The molecule has 0 spiro atoms. The van der Waals surface area contributed by atoms with Crippen molar-refractivity contribution in [3.8, 4) is 10.6 Å². The molecular weight excluding hydrogens is 360 g/mol. The van der Waals surface area contributed by atoms with Crippen molar-refractivity contribution in [1.29, 1.82) is 0 Å². The van der Waals surface area contributed by atoms with Crippen LogP contribution in [0, 0.1) is 12.8 Å². The lowest BCUT2D eigenvalue weighted by molar-refractivity contribution is -0.120. The molecule has 3 heterocycles. The van der Waals surface area contributed by atoms with Gasteiger partial charge in [-0.2, -0.15) is 0 Å². The molecule has 1 saturated heterocycles. The molecule has 1 aromatic carbocycles. The van der Waals surface area contributed by atoms with E-state index in [4.69, 9.17) is 0 Å². The Labute approximate surface area is 161 Å². The Kier molecular flexibility index (Phi) is 5.06. The zero-order chi connectivity index (χ0) is 18.6. The Balaban J connectivity index is 1.36. The normalized spacial score (nSPS) is 14.9. The molecule has 2 aromatic heterocycles. The summed E-state index contributed by atoms with van der Waals surface area (Å²) in [5.41, 5.74) is 2.19. The van der Waals surface area contributed by atoms with Crippen molar-refractivity contribution in [2.24, 2.45) is 5.92 Å². The van der Waals surface area contributed by atoms with Crippen LogP contribution in [0.3, 0.4) is 0 Å². The fourth-order valence-corrected chi connectivity index (χ4v) is 4.04. The summed E-state index contributed by atoms with van der Waals surface area (Å²) in [6.45, 7) is 3.58. The summed E-state index contributed by atoms with van der Waals surface area (Å²) in [7, 11) is 0. The maximum atomic E-state index is 12.6.